The van der Waals surface area contributed by atoms with Crippen LogP contribution in [0.4, 0.5) is 10.2 Å². The number of piperazine rings is 1. The van der Waals surface area contributed by atoms with E-state index in [0.29, 0.717) is 32.6 Å². The summed E-state index contributed by atoms with van der Waals surface area (Å²) in [6.45, 7) is 6.19. The van der Waals surface area contributed by atoms with Crippen molar-refractivity contribution in [3.05, 3.63) is 77.5 Å². The summed E-state index contributed by atoms with van der Waals surface area (Å²) in [7, 11) is 0. The van der Waals surface area contributed by atoms with Crippen LogP contribution in [-0.2, 0) is 6.42 Å². The Morgan fingerprint density at radius 1 is 0.970 bits per heavy atom. The van der Waals surface area contributed by atoms with Gasteiger partial charge in [0.25, 0.3) is 5.91 Å². The van der Waals surface area contributed by atoms with Crippen molar-refractivity contribution < 1.29 is 9.18 Å². The van der Waals surface area contributed by atoms with Gasteiger partial charge in [0.15, 0.2) is 5.65 Å². The van der Waals surface area contributed by atoms with Crippen LogP contribution in [0.5, 0.6) is 0 Å². The van der Waals surface area contributed by atoms with Crippen LogP contribution in [0, 0.1) is 12.7 Å². The molecule has 0 saturated carbocycles. The molecule has 0 atom stereocenters. The van der Waals surface area contributed by atoms with Crippen molar-refractivity contribution in [3.63, 3.8) is 0 Å². The van der Waals surface area contributed by atoms with Crippen LogP contribution in [0.15, 0.2) is 54.6 Å². The van der Waals surface area contributed by atoms with Gasteiger partial charge in [-0.3, -0.25) is 4.79 Å². The van der Waals surface area contributed by atoms with Crippen molar-refractivity contribution in [2.45, 2.75) is 20.3 Å². The van der Waals surface area contributed by atoms with Crippen LogP contribution in [0.2, 0.25) is 0 Å². The zero-order valence-electron chi connectivity index (χ0n) is 18.7. The first-order chi connectivity index (χ1) is 16.1. The molecule has 1 aliphatic rings. The third-order valence-corrected chi connectivity index (χ3v) is 6.02. The standard InChI is InChI=1S/C25H25FN6O/c1-3-21-27-23(22-17(2)29-32(24(22)28-21)18-9-5-4-6-10-18)30-13-15-31(16-14-30)25(33)19-11-7-8-12-20(19)26/h4-12H,3,13-16H2,1-2H3. The Labute approximate surface area is 191 Å². The molecule has 7 nitrogen and oxygen atoms in total. The number of para-hydroxylation sites is 1. The number of rotatable bonds is 4. The van der Waals surface area contributed by atoms with E-state index >= 15 is 0 Å². The van der Waals surface area contributed by atoms with Gasteiger partial charge in [-0.25, -0.2) is 19.0 Å². The largest absolute Gasteiger partial charge is 0.352 e. The van der Waals surface area contributed by atoms with Gasteiger partial charge in [-0.15, -0.1) is 0 Å². The van der Waals surface area contributed by atoms with Gasteiger partial charge in [-0.2, -0.15) is 5.10 Å². The molecule has 33 heavy (non-hydrogen) atoms. The van der Waals surface area contributed by atoms with Crippen LogP contribution in [0.3, 0.4) is 0 Å². The number of carbonyl (C=O) groups is 1. The molecule has 0 N–H and O–H groups in total. The highest BCUT2D eigenvalue weighted by Crippen LogP contribution is 2.30. The molecule has 0 radical (unpaired) electrons. The summed E-state index contributed by atoms with van der Waals surface area (Å²) in [4.78, 5) is 26.3. The molecule has 1 fully saturated rings. The summed E-state index contributed by atoms with van der Waals surface area (Å²) < 4.78 is 16.0. The molecule has 1 aliphatic heterocycles. The number of amides is 1. The van der Waals surface area contributed by atoms with Gasteiger partial charge in [0.05, 0.1) is 22.3 Å². The molecule has 0 unspecified atom stereocenters. The fourth-order valence-electron chi connectivity index (χ4n) is 4.27. The van der Waals surface area contributed by atoms with Crippen LogP contribution >= 0.6 is 0 Å². The Balaban J connectivity index is 1.47. The zero-order chi connectivity index (χ0) is 22.9. The minimum Gasteiger partial charge on any atom is -0.352 e. The van der Waals surface area contributed by atoms with Crippen LogP contribution in [-0.4, -0.2) is 56.7 Å². The van der Waals surface area contributed by atoms with Crippen molar-refractivity contribution in [2.75, 3.05) is 31.1 Å². The zero-order valence-corrected chi connectivity index (χ0v) is 18.7. The van der Waals surface area contributed by atoms with Gasteiger partial charge in [-0.05, 0) is 31.2 Å². The molecule has 2 aromatic carbocycles. The predicted molar refractivity (Wildman–Crippen MR) is 125 cm³/mol. The Morgan fingerprint density at radius 2 is 1.67 bits per heavy atom. The summed E-state index contributed by atoms with van der Waals surface area (Å²) in [5, 5.41) is 5.69. The molecule has 1 amide bonds. The van der Waals surface area contributed by atoms with E-state index in [2.05, 4.69) is 4.90 Å². The quantitative estimate of drug-likeness (QED) is 0.479. The van der Waals surface area contributed by atoms with Gasteiger partial charge in [0, 0.05) is 32.6 Å². The molecular weight excluding hydrogens is 419 g/mol. The van der Waals surface area contributed by atoms with E-state index in [1.54, 1.807) is 17.0 Å². The maximum absolute atomic E-state index is 14.1. The molecule has 8 heteroatoms. The van der Waals surface area contributed by atoms with Crippen molar-refractivity contribution in [2.24, 2.45) is 0 Å². The lowest BCUT2D eigenvalue weighted by Crippen LogP contribution is -2.49. The smallest absolute Gasteiger partial charge is 0.256 e. The summed E-state index contributed by atoms with van der Waals surface area (Å²) in [6, 6.07) is 16.1. The van der Waals surface area contributed by atoms with Crippen LogP contribution in [0.1, 0.15) is 28.8 Å². The van der Waals surface area contributed by atoms with E-state index in [0.717, 1.165) is 34.1 Å². The van der Waals surface area contributed by atoms with Gasteiger partial charge in [-0.1, -0.05) is 37.3 Å². The summed E-state index contributed by atoms with van der Waals surface area (Å²) in [6.07, 6.45) is 0.702. The van der Waals surface area contributed by atoms with E-state index < -0.39 is 5.82 Å². The van der Waals surface area contributed by atoms with E-state index in [4.69, 9.17) is 15.1 Å². The minimum atomic E-state index is -0.487. The Bertz CT molecular complexity index is 1310. The number of anilines is 1. The molecule has 0 spiro atoms. The van der Waals surface area contributed by atoms with Crippen LogP contribution in [0.25, 0.3) is 16.7 Å². The highest BCUT2D eigenvalue weighted by Gasteiger charge is 2.27. The topological polar surface area (TPSA) is 67.2 Å². The maximum Gasteiger partial charge on any atom is 0.256 e. The van der Waals surface area contributed by atoms with Gasteiger partial charge >= 0.3 is 0 Å². The molecule has 4 aromatic rings. The van der Waals surface area contributed by atoms with E-state index in [9.17, 15) is 9.18 Å². The SMILES string of the molecule is CCc1nc(N2CCN(C(=O)c3ccccc3F)CC2)c2c(C)nn(-c3ccccc3)c2n1. The van der Waals surface area contributed by atoms with Crippen molar-refractivity contribution in [1.82, 2.24) is 24.6 Å². The summed E-state index contributed by atoms with van der Waals surface area (Å²) >= 11 is 0. The van der Waals surface area contributed by atoms with Gasteiger partial charge < -0.3 is 9.80 Å². The number of aromatic nitrogens is 4. The highest BCUT2D eigenvalue weighted by molar-refractivity contribution is 5.95. The normalized spacial score (nSPS) is 14.2. The monoisotopic (exact) mass is 444 g/mol. The number of aryl methyl sites for hydroxylation is 2. The predicted octanol–water partition coefficient (Wildman–Crippen LogP) is 3.79. The minimum absolute atomic E-state index is 0.114. The fourth-order valence-corrected chi connectivity index (χ4v) is 4.27. The first kappa shape index (κ1) is 21.1. The van der Waals surface area contributed by atoms with Crippen molar-refractivity contribution >= 4 is 22.8 Å². The Hall–Kier alpha value is -3.81. The number of nitrogens with zero attached hydrogens (tertiary/aromatic N) is 6. The molecule has 0 aliphatic carbocycles. The number of halogens is 1. The van der Waals surface area contributed by atoms with Gasteiger partial charge in [0.1, 0.15) is 17.5 Å². The lowest BCUT2D eigenvalue weighted by molar-refractivity contribution is 0.0742. The van der Waals surface area contributed by atoms with E-state index in [1.807, 2.05) is 48.9 Å². The second-order valence-electron chi connectivity index (χ2n) is 8.11. The molecule has 3 heterocycles. The second kappa shape index (κ2) is 8.61. The maximum atomic E-state index is 14.1. The molecule has 0 bridgehead atoms. The summed E-state index contributed by atoms with van der Waals surface area (Å²) in [5.74, 6) is 0.829. The lowest BCUT2D eigenvalue weighted by Gasteiger charge is -2.35. The van der Waals surface area contributed by atoms with E-state index in [1.165, 1.54) is 12.1 Å². The first-order valence-corrected chi connectivity index (χ1v) is 11.2. The highest BCUT2D eigenvalue weighted by atomic mass is 19.1. The molecule has 5 rings (SSSR count). The second-order valence-corrected chi connectivity index (χ2v) is 8.11. The number of carbonyl (C=O) groups excluding carboxylic acids is 1. The number of fused-ring (bicyclic) bond motifs is 1. The number of benzene rings is 2. The average molecular weight is 445 g/mol. The lowest BCUT2D eigenvalue weighted by atomic mass is 10.1. The molecule has 168 valence electrons. The Morgan fingerprint density at radius 3 is 2.36 bits per heavy atom. The van der Waals surface area contributed by atoms with Crippen molar-refractivity contribution in [1.29, 1.82) is 0 Å². The third kappa shape index (κ3) is 3.82. The number of hydrogen-bond acceptors (Lipinski definition) is 5. The fraction of sp³-hybridized carbons (Fsp3) is 0.280. The van der Waals surface area contributed by atoms with Crippen molar-refractivity contribution in [3.8, 4) is 5.69 Å². The van der Waals surface area contributed by atoms with Gasteiger partial charge in [0.2, 0.25) is 0 Å². The van der Waals surface area contributed by atoms with Crippen LogP contribution < -0.4 is 4.90 Å². The number of hydrogen-bond donors (Lipinski definition) is 0. The third-order valence-electron chi connectivity index (χ3n) is 6.02. The average Bonchev–Trinajstić information content (AvgIpc) is 3.20. The molecule has 2 aromatic heterocycles. The molecule has 1 saturated heterocycles. The first-order valence-electron chi connectivity index (χ1n) is 11.2. The molecular formula is C25H25FN6O. The van der Waals surface area contributed by atoms with E-state index in [-0.39, 0.29) is 11.5 Å². The summed E-state index contributed by atoms with van der Waals surface area (Å²) in [5.41, 5.74) is 2.70. The Kier molecular flexibility index (Phi) is 5.50.